The summed E-state index contributed by atoms with van der Waals surface area (Å²) in [6, 6.07) is 0. The van der Waals surface area contributed by atoms with Crippen LogP contribution in [0.5, 0.6) is 0 Å². The number of carbonyl (C=O) groups is 1. The number of hydrogen-bond donors (Lipinski definition) is 0. The van der Waals surface area contributed by atoms with Crippen molar-refractivity contribution in [2.24, 2.45) is 0 Å². The minimum absolute atomic E-state index is 0.735. The van der Waals surface area contributed by atoms with Crippen LogP contribution in [0.3, 0.4) is 0 Å². The molecule has 0 aliphatic rings. The first-order valence-corrected chi connectivity index (χ1v) is 6.11. The van der Waals surface area contributed by atoms with Gasteiger partial charge in [0.2, 0.25) is 6.41 Å². The van der Waals surface area contributed by atoms with Gasteiger partial charge < -0.3 is 4.90 Å². The fourth-order valence-corrected chi connectivity index (χ4v) is 1.44. The van der Waals surface area contributed by atoms with E-state index in [1.54, 1.807) is 11.9 Å². The fraction of sp³-hybridized carbons (Fsp3) is 0.769. The fourth-order valence-electron chi connectivity index (χ4n) is 1.44. The van der Waals surface area contributed by atoms with Crippen LogP contribution in [-0.4, -0.2) is 24.9 Å². The van der Waals surface area contributed by atoms with E-state index in [1.807, 2.05) is 0 Å². The van der Waals surface area contributed by atoms with E-state index in [0.717, 1.165) is 19.4 Å². The molecule has 2 nitrogen and oxygen atoms in total. The summed E-state index contributed by atoms with van der Waals surface area (Å²) >= 11 is 0. The van der Waals surface area contributed by atoms with E-state index in [-0.39, 0.29) is 0 Å². The molecule has 0 saturated carbocycles. The lowest BCUT2D eigenvalue weighted by atomic mass is 10.1. The summed E-state index contributed by atoms with van der Waals surface area (Å²) in [6.45, 7) is 2.98. The van der Waals surface area contributed by atoms with Crippen molar-refractivity contribution in [3.63, 3.8) is 0 Å². The lowest BCUT2D eigenvalue weighted by molar-refractivity contribution is -0.116. The molecular weight excluding hydrogens is 186 g/mol. The average molecular weight is 211 g/mol. The molecule has 15 heavy (non-hydrogen) atoms. The van der Waals surface area contributed by atoms with E-state index in [1.165, 1.54) is 38.5 Å². The van der Waals surface area contributed by atoms with Crippen molar-refractivity contribution in [3.05, 3.63) is 12.2 Å². The van der Waals surface area contributed by atoms with Crippen molar-refractivity contribution in [1.29, 1.82) is 0 Å². The van der Waals surface area contributed by atoms with Gasteiger partial charge in [0.25, 0.3) is 0 Å². The zero-order valence-corrected chi connectivity index (χ0v) is 10.2. The summed E-state index contributed by atoms with van der Waals surface area (Å²) in [4.78, 5) is 11.9. The Hall–Kier alpha value is -0.790. The standard InChI is InChI=1S/C13H25NO/c1-3-4-5-6-7-8-9-10-11-12-14(2)13-15/h10-11,13H,3-9,12H2,1-2H3/b11-10+. The molecule has 0 aliphatic carbocycles. The van der Waals surface area contributed by atoms with Crippen LogP contribution in [0.1, 0.15) is 51.9 Å². The highest BCUT2D eigenvalue weighted by atomic mass is 16.1. The number of nitrogens with zero attached hydrogens (tertiary/aromatic N) is 1. The molecule has 0 bridgehead atoms. The molecule has 0 rings (SSSR count). The monoisotopic (exact) mass is 211 g/mol. The molecule has 0 radical (unpaired) electrons. The van der Waals surface area contributed by atoms with Crippen molar-refractivity contribution >= 4 is 6.41 Å². The van der Waals surface area contributed by atoms with E-state index in [9.17, 15) is 4.79 Å². The minimum Gasteiger partial charge on any atom is -0.345 e. The zero-order valence-electron chi connectivity index (χ0n) is 10.2. The van der Waals surface area contributed by atoms with Gasteiger partial charge in [-0.25, -0.2) is 0 Å². The highest BCUT2D eigenvalue weighted by Gasteiger charge is 1.89. The Morgan fingerprint density at radius 3 is 2.33 bits per heavy atom. The van der Waals surface area contributed by atoms with E-state index >= 15 is 0 Å². The van der Waals surface area contributed by atoms with Crippen LogP contribution in [0.4, 0.5) is 0 Å². The van der Waals surface area contributed by atoms with Gasteiger partial charge in [0.1, 0.15) is 0 Å². The molecule has 0 aromatic rings. The lowest BCUT2D eigenvalue weighted by Gasteiger charge is -2.04. The largest absolute Gasteiger partial charge is 0.345 e. The second kappa shape index (κ2) is 11.3. The summed E-state index contributed by atoms with van der Waals surface area (Å²) in [7, 11) is 1.79. The molecule has 0 aromatic heterocycles. The molecule has 0 fully saturated rings. The smallest absolute Gasteiger partial charge is 0.209 e. The van der Waals surface area contributed by atoms with Gasteiger partial charge in [-0.1, -0.05) is 51.2 Å². The first-order valence-electron chi connectivity index (χ1n) is 6.11. The summed E-state index contributed by atoms with van der Waals surface area (Å²) in [5.74, 6) is 0. The molecule has 0 heterocycles. The number of hydrogen-bond acceptors (Lipinski definition) is 1. The summed E-state index contributed by atoms with van der Waals surface area (Å²) < 4.78 is 0. The van der Waals surface area contributed by atoms with E-state index in [2.05, 4.69) is 19.1 Å². The maximum atomic E-state index is 10.3. The number of likely N-dealkylation sites (N-methyl/N-ethyl adjacent to an activating group) is 1. The third-order valence-electron chi connectivity index (χ3n) is 2.46. The molecular formula is C13H25NO. The highest BCUT2D eigenvalue weighted by molar-refractivity contribution is 5.46. The van der Waals surface area contributed by atoms with Crippen LogP contribution in [0.2, 0.25) is 0 Å². The maximum absolute atomic E-state index is 10.3. The molecule has 0 spiro atoms. The normalized spacial score (nSPS) is 10.8. The maximum Gasteiger partial charge on any atom is 0.209 e. The van der Waals surface area contributed by atoms with Crippen LogP contribution in [0, 0.1) is 0 Å². The van der Waals surface area contributed by atoms with E-state index in [4.69, 9.17) is 0 Å². The number of rotatable bonds is 10. The van der Waals surface area contributed by atoms with Crippen LogP contribution < -0.4 is 0 Å². The van der Waals surface area contributed by atoms with Crippen LogP contribution in [-0.2, 0) is 4.79 Å². The quantitative estimate of drug-likeness (QED) is 0.308. The Morgan fingerprint density at radius 1 is 1.00 bits per heavy atom. The SMILES string of the molecule is CCCCCCCC/C=C/CN(C)C=O. The molecule has 0 atom stereocenters. The van der Waals surface area contributed by atoms with Gasteiger partial charge in [-0.05, 0) is 12.8 Å². The predicted octanol–water partition coefficient (Wildman–Crippen LogP) is 3.38. The second-order valence-corrected chi connectivity index (χ2v) is 4.07. The minimum atomic E-state index is 0.735. The summed E-state index contributed by atoms with van der Waals surface area (Å²) in [5.41, 5.74) is 0. The third kappa shape index (κ3) is 11.1. The topological polar surface area (TPSA) is 20.3 Å². The van der Waals surface area contributed by atoms with Crippen LogP contribution >= 0.6 is 0 Å². The van der Waals surface area contributed by atoms with Crippen molar-refractivity contribution in [2.75, 3.05) is 13.6 Å². The highest BCUT2D eigenvalue weighted by Crippen LogP contribution is 2.06. The molecule has 88 valence electrons. The second-order valence-electron chi connectivity index (χ2n) is 4.07. The van der Waals surface area contributed by atoms with Gasteiger partial charge in [0.05, 0.1) is 0 Å². The van der Waals surface area contributed by atoms with Gasteiger partial charge in [-0.3, -0.25) is 4.79 Å². The Balaban J connectivity index is 3.12. The Morgan fingerprint density at radius 2 is 1.67 bits per heavy atom. The van der Waals surface area contributed by atoms with Gasteiger partial charge in [-0.15, -0.1) is 0 Å². The predicted molar refractivity (Wildman–Crippen MR) is 65.8 cm³/mol. The number of carbonyl (C=O) groups excluding carboxylic acids is 1. The Bertz CT molecular complexity index is 166. The van der Waals surface area contributed by atoms with E-state index in [0.29, 0.717) is 0 Å². The van der Waals surface area contributed by atoms with Crippen molar-refractivity contribution in [3.8, 4) is 0 Å². The van der Waals surface area contributed by atoms with Crippen molar-refractivity contribution in [1.82, 2.24) is 4.90 Å². The zero-order chi connectivity index (χ0) is 11.4. The molecule has 0 saturated heterocycles. The van der Waals surface area contributed by atoms with Crippen LogP contribution in [0.25, 0.3) is 0 Å². The van der Waals surface area contributed by atoms with Gasteiger partial charge in [-0.2, -0.15) is 0 Å². The summed E-state index contributed by atoms with van der Waals surface area (Å²) in [5, 5.41) is 0. The molecule has 1 amide bonds. The summed E-state index contributed by atoms with van der Waals surface area (Å²) in [6.07, 6.45) is 14.3. The Labute approximate surface area is 94.4 Å². The van der Waals surface area contributed by atoms with Gasteiger partial charge in [0, 0.05) is 13.6 Å². The van der Waals surface area contributed by atoms with E-state index < -0.39 is 0 Å². The lowest BCUT2D eigenvalue weighted by Crippen LogP contribution is -2.14. The molecule has 0 aliphatic heterocycles. The number of amides is 1. The van der Waals surface area contributed by atoms with Gasteiger partial charge in [0.15, 0.2) is 0 Å². The Kier molecular flexibility index (Phi) is 10.7. The van der Waals surface area contributed by atoms with Crippen molar-refractivity contribution in [2.45, 2.75) is 51.9 Å². The molecule has 2 heteroatoms. The molecule has 0 aromatic carbocycles. The number of unbranched alkanes of at least 4 members (excludes halogenated alkanes) is 6. The third-order valence-corrected chi connectivity index (χ3v) is 2.46. The molecule has 0 unspecified atom stereocenters. The van der Waals surface area contributed by atoms with Gasteiger partial charge >= 0.3 is 0 Å². The van der Waals surface area contributed by atoms with Crippen molar-refractivity contribution < 1.29 is 4.79 Å². The van der Waals surface area contributed by atoms with Crippen LogP contribution in [0.15, 0.2) is 12.2 Å². The first-order chi connectivity index (χ1) is 7.31. The first kappa shape index (κ1) is 14.2. The average Bonchev–Trinajstić information content (AvgIpc) is 2.26. The molecule has 0 N–H and O–H groups in total. The number of allylic oxidation sites excluding steroid dienone is 1.